The van der Waals surface area contributed by atoms with Gasteiger partial charge in [0.15, 0.2) is 0 Å². The van der Waals surface area contributed by atoms with E-state index in [1.165, 1.54) is 0 Å². The molecule has 1 fully saturated rings. The lowest BCUT2D eigenvalue weighted by molar-refractivity contribution is -0.120. The molecule has 1 amide bonds. The Kier molecular flexibility index (Phi) is 3.73. The van der Waals surface area contributed by atoms with Crippen LogP contribution in [0, 0.1) is 11.3 Å². The van der Waals surface area contributed by atoms with Crippen LogP contribution in [-0.4, -0.2) is 30.4 Å². The molecule has 1 saturated heterocycles. The van der Waals surface area contributed by atoms with E-state index in [1.807, 2.05) is 24.3 Å². The van der Waals surface area contributed by atoms with Crippen LogP contribution in [0.2, 0.25) is 0 Å². The van der Waals surface area contributed by atoms with Gasteiger partial charge in [-0.15, -0.1) is 0 Å². The van der Waals surface area contributed by atoms with E-state index < -0.39 is 0 Å². The summed E-state index contributed by atoms with van der Waals surface area (Å²) in [6.07, 6.45) is 0.536. The van der Waals surface area contributed by atoms with E-state index >= 15 is 0 Å². The third kappa shape index (κ3) is 3.05. The number of rotatable bonds is 2. The highest BCUT2D eigenvalue weighted by Gasteiger charge is 2.14. The zero-order chi connectivity index (χ0) is 12.1. The Morgan fingerprint density at radius 3 is 3.00 bits per heavy atom. The molecule has 0 radical (unpaired) electrons. The van der Waals surface area contributed by atoms with Crippen LogP contribution < -0.4 is 5.32 Å². The number of carbonyl (C=O) groups is 1. The predicted molar refractivity (Wildman–Crippen MR) is 64.1 cm³/mol. The summed E-state index contributed by atoms with van der Waals surface area (Å²) in [5.74, 6) is 0.112. The Morgan fingerprint density at radius 2 is 2.18 bits per heavy atom. The summed E-state index contributed by atoms with van der Waals surface area (Å²) in [6, 6.07) is 9.81. The number of nitrogens with one attached hydrogen (secondary N) is 1. The molecule has 4 nitrogen and oxygen atoms in total. The first-order valence-electron chi connectivity index (χ1n) is 5.76. The van der Waals surface area contributed by atoms with Crippen LogP contribution in [0.5, 0.6) is 0 Å². The van der Waals surface area contributed by atoms with Gasteiger partial charge in [-0.05, 0) is 11.6 Å². The Hall–Kier alpha value is -1.86. The molecule has 1 aliphatic heterocycles. The Labute approximate surface area is 101 Å². The minimum Gasteiger partial charge on any atom is -0.355 e. The fourth-order valence-electron chi connectivity index (χ4n) is 1.98. The van der Waals surface area contributed by atoms with Gasteiger partial charge in [0.05, 0.1) is 11.6 Å². The molecule has 0 spiro atoms. The maximum absolute atomic E-state index is 11.2. The first-order chi connectivity index (χ1) is 8.29. The van der Waals surface area contributed by atoms with E-state index in [1.54, 1.807) is 0 Å². The van der Waals surface area contributed by atoms with Crippen LogP contribution in [0.4, 0.5) is 0 Å². The molecule has 0 aliphatic carbocycles. The van der Waals surface area contributed by atoms with Gasteiger partial charge in [-0.25, -0.2) is 0 Å². The number of benzene rings is 1. The molecule has 17 heavy (non-hydrogen) atoms. The molecule has 4 heteroatoms. The SMILES string of the molecule is N#Cc1ccccc1CN1CCNC(=O)CC1. The molecule has 0 saturated carbocycles. The Balaban J connectivity index is 2.05. The average molecular weight is 229 g/mol. The van der Waals surface area contributed by atoms with Crippen LogP contribution in [0.25, 0.3) is 0 Å². The largest absolute Gasteiger partial charge is 0.355 e. The highest BCUT2D eigenvalue weighted by molar-refractivity contribution is 5.76. The molecule has 1 heterocycles. The molecule has 1 N–H and O–H groups in total. The van der Waals surface area contributed by atoms with Crippen molar-refractivity contribution in [2.45, 2.75) is 13.0 Å². The summed E-state index contributed by atoms with van der Waals surface area (Å²) < 4.78 is 0. The molecule has 2 rings (SSSR count). The van der Waals surface area contributed by atoms with Gasteiger partial charge >= 0.3 is 0 Å². The topological polar surface area (TPSA) is 56.1 Å². The van der Waals surface area contributed by atoms with E-state index in [0.29, 0.717) is 13.0 Å². The first kappa shape index (κ1) is 11.6. The van der Waals surface area contributed by atoms with Crippen LogP contribution in [0.1, 0.15) is 17.5 Å². The molecule has 0 atom stereocenters. The lowest BCUT2D eigenvalue weighted by Crippen LogP contribution is -2.28. The van der Waals surface area contributed by atoms with Crippen molar-refractivity contribution in [2.24, 2.45) is 0 Å². The predicted octanol–water partition coefficient (Wildman–Crippen LogP) is 0.880. The number of amides is 1. The average Bonchev–Trinajstić information content (AvgIpc) is 2.55. The summed E-state index contributed by atoms with van der Waals surface area (Å²) in [6.45, 7) is 3.02. The van der Waals surface area contributed by atoms with Gasteiger partial charge in [0.2, 0.25) is 5.91 Å². The highest BCUT2D eigenvalue weighted by atomic mass is 16.1. The van der Waals surface area contributed by atoms with E-state index in [9.17, 15) is 4.79 Å². The normalized spacial score (nSPS) is 17.0. The summed E-state index contributed by atoms with van der Waals surface area (Å²) in [5.41, 5.74) is 1.75. The molecule has 0 bridgehead atoms. The first-order valence-corrected chi connectivity index (χ1v) is 5.76. The minimum absolute atomic E-state index is 0.112. The van der Waals surface area contributed by atoms with Crippen molar-refractivity contribution in [3.8, 4) is 6.07 Å². The van der Waals surface area contributed by atoms with Gasteiger partial charge in [0, 0.05) is 32.6 Å². The second-order valence-corrected chi connectivity index (χ2v) is 4.15. The molecule has 1 aromatic rings. The van der Waals surface area contributed by atoms with E-state index in [-0.39, 0.29) is 5.91 Å². The second-order valence-electron chi connectivity index (χ2n) is 4.15. The smallest absolute Gasteiger partial charge is 0.221 e. The van der Waals surface area contributed by atoms with Gasteiger partial charge in [0.1, 0.15) is 0 Å². The lowest BCUT2D eigenvalue weighted by atomic mass is 10.1. The van der Waals surface area contributed by atoms with Gasteiger partial charge in [-0.3, -0.25) is 9.69 Å². The third-order valence-corrected chi connectivity index (χ3v) is 2.94. The van der Waals surface area contributed by atoms with E-state index in [2.05, 4.69) is 16.3 Å². The fourth-order valence-corrected chi connectivity index (χ4v) is 1.98. The standard InChI is InChI=1S/C13H15N3O/c14-9-11-3-1-2-4-12(11)10-16-7-5-13(17)15-6-8-16/h1-4H,5-8,10H2,(H,15,17). The van der Waals surface area contributed by atoms with Crippen LogP contribution in [-0.2, 0) is 11.3 Å². The summed E-state index contributed by atoms with van der Waals surface area (Å²) in [5, 5.41) is 11.9. The van der Waals surface area contributed by atoms with Crippen molar-refractivity contribution < 1.29 is 4.79 Å². The maximum Gasteiger partial charge on any atom is 0.221 e. The number of hydrogen-bond acceptors (Lipinski definition) is 3. The monoisotopic (exact) mass is 229 g/mol. The Bertz CT molecular complexity index is 450. The fraction of sp³-hybridized carbons (Fsp3) is 0.385. The molecule has 1 aliphatic rings. The summed E-state index contributed by atoms with van der Waals surface area (Å²) in [7, 11) is 0. The van der Waals surface area contributed by atoms with Crippen LogP contribution in [0.15, 0.2) is 24.3 Å². The number of nitrogens with zero attached hydrogens (tertiary/aromatic N) is 2. The van der Waals surface area contributed by atoms with Crippen LogP contribution >= 0.6 is 0 Å². The van der Waals surface area contributed by atoms with Crippen molar-refractivity contribution in [3.05, 3.63) is 35.4 Å². The van der Waals surface area contributed by atoms with Gasteiger partial charge in [-0.2, -0.15) is 5.26 Å². The van der Waals surface area contributed by atoms with Crippen molar-refractivity contribution in [2.75, 3.05) is 19.6 Å². The number of hydrogen-bond donors (Lipinski definition) is 1. The molecule has 0 unspecified atom stereocenters. The zero-order valence-electron chi connectivity index (χ0n) is 9.65. The minimum atomic E-state index is 0.112. The molecular formula is C13H15N3O. The van der Waals surface area contributed by atoms with Crippen LogP contribution in [0.3, 0.4) is 0 Å². The zero-order valence-corrected chi connectivity index (χ0v) is 9.65. The summed E-state index contributed by atoms with van der Waals surface area (Å²) in [4.78, 5) is 13.4. The highest BCUT2D eigenvalue weighted by Crippen LogP contribution is 2.11. The van der Waals surface area contributed by atoms with Crippen molar-refractivity contribution in [1.29, 1.82) is 5.26 Å². The lowest BCUT2D eigenvalue weighted by Gasteiger charge is -2.19. The van der Waals surface area contributed by atoms with Crippen molar-refractivity contribution in [1.82, 2.24) is 10.2 Å². The van der Waals surface area contributed by atoms with Gasteiger partial charge in [0.25, 0.3) is 0 Å². The Morgan fingerprint density at radius 1 is 1.35 bits per heavy atom. The molecule has 88 valence electrons. The second kappa shape index (κ2) is 5.46. The van der Waals surface area contributed by atoms with E-state index in [0.717, 1.165) is 30.8 Å². The van der Waals surface area contributed by atoms with Gasteiger partial charge in [-0.1, -0.05) is 18.2 Å². The summed E-state index contributed by atoms with van der Waals surface area (Å²) >= 11 is 0. The number of nitriles is 1. The molecule has 1 aromatic carbocycles. The number of carbonyl (C=O) groups excluding carboxylic acids is 1. The van der Waals surface area contributed by atoms with Crippen molar-refractivity contribution >= 4 is 5.91 Å². The van der Waals surface area contributed by atoms with Crippen molar-refractivity contribution in [3.63, 3.8) is 0 Å². The van der Waals surface area contributed by atoms with E-state index in [4.69, 9.17) is 5.26 Å². The van der Waals surface area contributed by atoms with Gasteiger partial charge < -0.3 is 5.32 Å². The maximum atomic E-state index is 11.2. The quantitative estimate of drug-likeness (QED) is 0.819. The molecule has 0 aromatic heterocycles. The third-order valence-electron chi connectivity index (χ3n) is 2.94. The molecular weight excluding hydrogens is 214 g/mol.